The molecule has 2 aromatic carbocycles. The van der Waals surface area contributed by atoms with Crippen molar-refractivity contribution in [2.45, 2.75) is 16.7 Å². The standard InChI is InChI=1S/C23H22N6O4S/c1-25-10-14-2-4-16(5-3-14)22-28-29-23(33-22)20-21(24)26-11-19(27-20)15-6-8-17(9-7-15)34(30,31)18-12-32-13-18/h2-9,11,18,25H,10,12-13H2,1H3,(H2,24,26). The Morgan fingerprint density at radius 1 is 1.00 bits per heavy atom. The Morgan fingerprint density at radius 3 is 2.32 bits per heavy atom. The third-order valence-electron chi connectivity index (χ3n) is 5.54. The normalized spacial score (nSPS) is 14.1. The number of hydrogen-bond acceptors (Lipinski definition) is 10. The largest absolute Gasteiger partial charge is 0.414 e. The fraction of sp³-hybridized carbons (Fsp3) is 0.217. The lowest BCUT2D eigenvalue weighted by atomic mass is 10.1. The molecule has 1 aliphatic heterocycles. The van der Waals surface area contributed by atoms with Gasteiger partial charge >= 0.3 is 0 Å². The van der Waals surface area contributed by atoms with E-state index in [-0.39, 0.29) is 35.5 Å². The van der Waals surface area contributed by atoms with Crippen molar-refractivity contribution in [1.82, 2.24) is 25.5 Å². The molecule has 0 unspecified atom stereocenters. The summed E-state index contributed by atoms with van der Waals surface area (Å²) in [5, 5.41) is 10.8. The number of hydrogen-bond donors (Lipinski definition) is 2. The number of aromatic nitrogens is 4. The summed E-state index contributed by atoms with van der Waals surface area (Å²) in [7, 11) is -1.52. The van der Waals surface area contributed by atoms with Crippen molar-refractivity contribution in [2.24, 2.45) is 0 Å². The van der Waals surface area contributed by atoms with Crippen molar-refractivity contribution in [1.29, 1.82) is 0 Å². The lowest BCUT2D eigenvalue weighted by Crippen LogP contribution is -2.40. The van der Waals surface area contributed by atoms with E-state index in [2.05, 4.69) is 25.5 Å². The van der Waals surface area contributed by atoms with Crippen LogP contribution in [0, 0.1) is 0 Å². The van der Waals surface area contributed by atoms with Gasteiger partial charge in [0.15, 0.2) is 21.3 Å². The van der Waals surface area contributed by atoms with Gasteiger partial charge in [0.25, 0.3) is 5.89 Å². The summed E-state index contributed by atoms with van der Waals surface area (Å²) in [6, 6.07) is 14.2. The van der Waals surface area contributed by atoms with Crippen molar-refractivity contribution in [3.8, 4) is 34.3 Å². The molecule has 1 saturated heterocycles. The van der Waals surface area contributed by atoms with Crippen molar-refractivity contribution in [3.63, 3.8) is 0 Å². The Morgan fingerprint density at radius 2 is 1.68 bits per heavy atom. The third-order valence-corrected chi connectivity index (χ3v) is 7.61. The quantitative estimate of drug-likeness (QED) is 0.406. The van der Waals surface area contributed by atoms with Gasteiger partial charge in [0.2, 0.25) is 5.89 Å². The number of sulfone groups is 1. The van der Waals surface area contributed by atoms with Gasteiger partial charge in [0.1, 0.15) is 5.25 Å². The first-order chi connectivity index (χ1) is 16.5. The van der Waals surface area contributed by atoms with E-state index in [9.17, 15) is 8.42 Å². The number of nitrogens with two attached hydrogens (primary N) is 1. The van der Waals surface area contributed by atoms with Gasteiger partial charge in [-0.25, -0.2) is 18.4 Å². The molecule has 3 N–H and O–H groups in total. The molecule has 174 valence electrons. The van der Waals surface area contributed by atoms with Gasteiger partial charge in [0.05, 0.1) is 30.0 Å². The van der Waals surface area contributed by atoms with Crippen LogP contribution in [-0.4, -0.2) is 54.1 Å². The zero-order valence-corrected chi connectivity index (χ0v) is 19.1. The lowest BCUT2D eigenvalue weighted by Gasteiger charge is -2.25. The molecule has 0 saturated carbocycles. The van der Waals surface area contributed by atoms with Gasteiger partial charge < -0.3 is 20.2 Å². The second-order valence-electron chi connectivity index (χ2n) is 7.86. The third kappa shape index (κ3) is 4.16. The minimum Gasteiger partial charge on any atom is -0.414 e. The van der Waals surface area contributed by atoms with Crippen molar-refractivity contribution in [3.05, 3.63) is 60.3 Å². The van der Waals surface area contributed by atoms with Crippen LogP contribution in [0.5, 0.6) is 0 Å². The fourth-order valence-electron chi connectivity index (χ4n) is 3.50. The van der Waals surface area contributed by atoms with Crippen molar-refractivity contribution < 1.29 is 17.6 Å². The Hall–Kier alpha value is -3.67. The SMILES string of the molecule is CNCc1ccc(-c2nnc(-c3nc(-c4ccc(S(=O)(=O)C5COC5)cc4)cnc3N)o2)cc1. The molecular weight excluding hydrogens is 456 g/mol. The van der Waals surface area contributed by atoms with Crippen LogP contribution < -0.4 is 11.1 Å². The van der Waals surface area contributed by atoms with Crippen LogP contribution in [0.4, 0.5) is 5.82 Å². The molecule has 1 fully saturated rings. The molecule has 0 atom stereocenters. The van der Waals surface area contributed by atoms with E-state index < -0.39 is 15.1 Å². The summed E-state index contributed by atoms with van der Waals surface area (Å²) in [6.45, 7) is 1.21. The summed E-state index contributed by atoms with van der Waals surface area (Å²) in [4.78, 5) is 9.01. The number of nitrogens with zero attached hydrogens (tertiary/aromatic N) is 4. The van der Waals surface area contributed by atoms with Gasteiger partial charge in [-0.15, -0.1) is 10.2 Å². The first-order valence-electron chi connectivity index (χ1n) is 10.6. The van der Waals surface area contributed by atoms with Crippen LogP contribution in [0.1, 0.15) is 5.56 Å². The lowest BCUT2D eigenvalue weighted by molar-refractivity contribution is 0.0416. The van der Waals surface area contributed by atoms with Crippen molar-refractivity contribution in [2.75, 3.05) is 26.0 Å². The van der Waals surface area contributed by atoms with E-state index in [1.165, 1.54) is 6.20 Å². The number of nitrogens with one attached hydrogen (secondary N) is 1. The van der Waals surface area contributed by atoms with E-state index >= 15 is 0 Å². The number of ether oxygens (including phenoxy) is 1. The Bertz CT molecular complexity index is 1410. The molecule has 5 rings (SSSR count). The van der Waals surface area contributed by atoms with Crippen LogP contribution in [0.25, 0.3) is 34.3 Å². The molecular formula is C23H22N6O4S. The molecule has 2 aromatic heterocycles. The van der Waals surface area contributed by atoms with Gasteiger partial charge in [-0.3, -0.25) is 0 Å². The first-order valence-corrected chi connectivity index (χ1v) is 12.1. The number of nitrogen functional groups attached to an aromatic ring is 1. The van der Waals surface area contributed by atoms with Gasteiger partial charge in [-0.1, -0.05) is 24.3 Å². The zero-order valence-electron chi connectivity index (χ0n) is 18.3. The topological polar surface area (TPSA) is 146 Å². The van der Waals surface area contributed by atoms with Gasteiger partial charge in [0, 0.05) is 17.7 Å². The summed E-state index contributed by atoms with van der Waals surface area (Å²) in [5.74, 6) is 0.630. The maximum atomic E-state index is 12.6. The highest BCUT2D eigenvalue weighted by atomic mass is 32.2. The van der Waals surface area contributed by atoms with E-state index in [1.54, 1.807) is 24.3 Å². The second kappa shape index (κ2) is 8.93. The summed E-state index contributed by atoms with van der Waals surface area (Å²) >= 11 is 0. The molecule has 10 nitrogen and oxygen atoms in total. The average Bonchev–Trinajstić information content (AvgIpc) is 3.29. The number of anilines is 1. The molecule has 3 heterocycles. The Labute approximate surface area is 196 Å². The summed E-state index contributed by atoms with van der Waals surface area (Å²) in [6.07, 6.45) is 1.51. The predicted molar refractivity (Wildman–Crippen MR) is 125 cm³/mol. The highest BCUT2D eigenvalue weighted by Gasteiger charge is 2.33. The molecule has 34 heavy (non-hydrogen) atoms. The molecule has 11 heteroatoms. The van der Waals surface area contributed by atoms with Crippen LogP contribution in [0.3, 0.4) is 0 Å². The van der Waals surface area contributed by atoms with Crippen LogP contribution in [-0.2, 0) is 21.1 Å². The van der Waals surface area contributed by atoms with Gasteiger partial charge in [-0.2, -0.15) is 0 Å². The second-order valence-corrected chi connectivity index (χ2v) is 10.1. The smallest absolute Gasteiger partial charge is 0.270 e. The highest BCUT2D eigenvalue weighted by molar-refractivity contribution is 7.92. The first kappa shape index (κ1) is 22.1. The maximum absolute atomic E-state index is 12.6. The van der Waals surface area contributed by atoms with Crippen LogP contribution in [0.2, 0.25) is 0 Å². The Balaban J connectivity index is 1.41. The van der Waals surface area contributed by atoms with E-state index in [0.29, 0.717) is 17.1 Å². The van der Waals surface area contributed by atoms with Crippen LogP contribution in [0.15, 0.2) is 64.0 Å². The molecule has 1 aliphatic rings. The predicted octanol–water partition coefficient (Wildman–Crippen LogP) is 2.33. The molecule has 0 radical (unpaired) electrons. The minimum absolute atomic E-state index is 0.144. The molecule has 0 bridgehead atoms. The van der Waals surface area contributed by atoms with E-state index in [0.717, 1.165) is 17.7 Å². The highest BCUT2D eigenvalue weighted by Crippen LogP contribution is 2.29. The minimum atomic E-state index is -3.41. The molecule has 4 aromatic rings. The van der Waals surface area contributed by atoms with E-state index in [4.69, 9.17) is 14.9 Å². The monoisotopic (exact) mass is 478 g/mol. The summed E-state index contributed by atoms with van der Waals surface area (Å²) < 4.78 is 36.0. The average molecular weight is 479 g/mol. The zero-order chi connectivity index (χ0) is 23.7. The number of rotatable bonds is 7. The Kier molecular flexibility index (Phi) is 5.82. The molecule has 0 spiro atoms. The molecule has 0 amide bonds. The maximum Gasteiger partial charge on any atom is 0.270 e. The summed E-state index contributed by atoms with van der Waals surface area (Å²) in [5.41, 5.74) is 9.37. The number of benzene rings is 2. The van der Waals surface area contributed by atoms with E-state index in [1.807, 2.05) is 31.3 Å². The van der Waals surface area contributed by atoms with Crippen LogP contribution >= 0.6 is 0 Å². The molecule has 0 aliphatic carbocycles. The van der Waals surface area contributed by atoms with Crippen molar-refractivity contribution >= 4 is 15.7 Å². The fourth-order valence-corrected chi connectivity index (χ4v) is 4.95. The van der Waals surface area contributed by atoms with Gasteiger partial charge in [-0.05, 0) is 36.9 Å².